The first-order valence-corrected chi connectivity index (χ1v) is 5.77. The fourth-order valence-corrected chi connectivity index (χ4v) is 1.76. The van der Waals surface area contributed by atoms with Crippen molar-refractivity contribution in [3.63, 3.8) is 0 Å². The van der Waals surface area contributed by atoms with Crippen LogP contribution in [0.15, 0.2) is 12.1 Å². The zero-order valence-corrected chi connectivity index (χ0v) is 10.4. The molecule has 1 N–H and O–H groups in total. The van der Waals surface area contributed by atoms with E-state index in [0.29, 0.717) is 18.4 Å². The lowest BCUT2D eigenvalue weighted by atomic mass is 9.97. The number of benzene rings is 1. The summed E-state index contributed by atoms with van der Waals surface area (Å²) in [5.74, 6) is -2.37. The first-order chi connectivity index (χ1) is 7.95. The smallest absolute Gasteiger partial charge is 0.161 e. The van der Waals surface area contributed by atoms with Crippen LogP contribution in [0.5, 0.6) is 0 Å². The van der Waals surface area contributed by atoms with Crippen LogP contribution >= 0.6 is 0 Å². The minimum atomic E-state index is -1.15. The van der Waals surface area contributed by atoms with Crippen LogP contribution in [0, 0.1) is 23.4 Å². The Hall–Kier alpha value is -1.03. The normalized spacial score (nSPS) is 13.1. The fourth-order valence-electron chi connectivity index (χ4n) is 1.76. The van der Waals surface area contributed by atoms with Crippen molar-refractivity contribution in [2.75, 3.05) is 7.05 Å². The summed E-state index contributed by atoms with van der Waals surface area (Å²) < 4.78 is 39.4. The number of halogens is 3. The van der Waals surface area contributed by atoms with Crippen molar-refractivity contribution in [3.8, 4) is 0 Å². The van der Waals surface area contributed by atoms with Crippen molar-refractivity contribution in [1.29, 1.82) is 0 Å². The van der Waals surface area contributed by atoms with Gasteiger partial charge in [-0.05, 0) is 31.9 Å². The second kappa shape index (κ2) is 6.05. The minimum absolute atomic E-state index is 0.187. The van der Waals surface area contributed by atoms with E-state index in [0.717, 1.165) is 12.5 Å². The Morgan fingerprint density at radius 2 is 1.59 bits per heavy atom. The predicted molar refractivity (Wildman–Crippen MR) is 62.2 cm³/mol. The maximum absolute atomic E-state index is 13.5. The molecule has 0 bridgehead atoms. The van der Waals surface area contributed by atoms with Gasteiger partial charge >= 0.3 is 0 Å². The van der Waals surface area contributed by atoms with Crippen LogP contribution < -0.4 is 5.32 Å². The zero-order valence-electron chi connectivity index (χ0n) is 10.4. The van der Waals surface area contributed by atoms with Gasteiger partial charge in [0.25, 0.3) is 0 Å². The van der Waals surface area contributed by atoms with Crippen molar-refractivity contribution in [3.05, 3.63) is 35.1 Å². The quantitative estimate of drug-likeness (QED) is 0.778. The first-order valence-electron chi connectivity index (χ1n) is 5.77. The van der Waals surface area contributed by atoms with E-state index in [2.05, 4.69) is 19.2 Å². The lowest BCUT2D eigenvalue weighted by molar-refractivity contribution is 0.437. The Balaban J connectivity index is 2.91. The Kier molecular flexibility index (Phi) is 5.00. The fraction of sp³-hybridized carbons (Fsp3) is 0.538. The Labute approximate surface area is 100 Å². The molecule has 1 rings (SSSR count). The summed E-state index contributed by atoms with van der Waals surface area (Å²) in [7, 11) is 1.69. The van der Waals surface area contributed by atoms with Gasteiger partial charge in [0.05, 0.1) is 0 Å². The highest BCUT2D eigenvalue weighted by Crippen LogP contribution is 2.25. The molecular weight excluding hydrogens is 227 g/mol. The third-order valence-electron chi connectivity index (χ3n) is 2.80. The number of hydrogen-bond donors (Lipinski definition) is 1. The highest BCUT2D eigenvalue weighted by molar-refractivity contribution is 5.23. The number of nitrogens with one attached hydrogen (secondary N) is 1. The van der Waals surface area contributed by atoms with Gasteiger partial charge in [0.15, 0.2) is 11.6 Å². The van der Waals surface area contributed by atoms with Gasteiger partial charge in [-0.1, -0.05) is 13.8 Å². The molecule has 0 heterocycles. The first kappa shape index (κ1) is 14.0. The van der Waals surface area contributed by atoms with Crippen LogP contribution in [0.4, 0.5) is 13.2 Å². The van der Waals surface area contributed by atoms with E-state index in [1.54, 1.807) is 7.05 Å². The van der Waals surface area contributed by atoms with Crippen molar-refractivity contribution in [1.82, 2.24) is 5.32 Å². The maximum atomic E-state index is 13.5. The molecule has 0 saturated carbocycles. The third-order valence-corrected chi connectivity index (χ3v) is 2.80. The summed E-state index contributed by atoms with van der Waals surface area (Å²) in [4.78, 5) is 0. The standard InChI is InChI=1S/C13H18F3N/c1-8(2)4-5-13(17-3)9-6-11(15)12(16)7-10(9)14/h6-8,13,17H,4-5H2,1-3H3. The van der Waals surface area contributed by atoms with E-state index in [-0.39, 0.29) is 11.6 Å². The van der Waals surface area contributed by atoms with E-state index in [1.165, 1.54) is 0 Å². The molecule has 0 aliphatic rings. The summed E-state index contributed by atoms with van der Waals surface area (Å²) in [6.07, 6.45) is 1.58. The van der Waals surface area contributed by atoms with Gasteiger partial charge < -0.3 is 5.32 Å². The molecule has 0 spiro atoms. The molecule has 0 amide bonds. The summed E-state index contributed by atoms with van der Waals surface area (Å²) in [5, 5.41) is 2.93. The number of rotatable bonds is 5. The molecular formula is C13H18F3N. The predicted octanol–water partition coefficient (Wildman–Crippen LogP) is 3.80. The molecule has 1 aromatic carbocycles. The second-order valence-electron chi connectivity index (χ2n) is 4.60. The van der Waals surface area contributed by atoms with Gasteiger partial charge in [0, 0.05) is 17.7 Å². The van der Waals surface area contributed by atoms with Crippen LogP contribution in [0.25, 0.3) is 0 Å². The molecule has 96 valence electrons. The van der Waals surface area contributed by atoms with Gasteiger partial charge in [0.2, 0.25) is 0 Å². The third kappa shape index (κ3) is 3.73. The van der Waals surface area contributed by atoms with Crippen molar-refractivity contribution in [2.45, 2.75) is 32.7 Å². The highest BCUT2D eigenvalue weighted by Gasteiger charge is 2.17. The molecule has 0 aliphatic heterocycles. The average Bonchev–Trinajstić information content (AvgIpc) is 2.25. The zero-order chi connectivity index (χ0) is 13.0. The lowest BCUT2D eigenvalue weighted by Crippen LogP contribution is -2.19. The highest BCUT2D eigenvalue weighted by atomic mass is 19.2. The maximum Gasteiger partial charge on any atom is 0.161 e. The molecule has 0 aliphatic carbocycles. The van der Waals surface area contributed by atoms with Crippen LogP contribution in [-0.2, 0) is 0 Å². The molecule has 1 atom stereocenters. The van der Waals surface area contributed by atoms with E-state index < -0.39 is 17.5 Å². The van der Waals surface area contributed by atoms with Gasteiger partial charge in [-0.25, -0.2) is 13.2 Å². The monoisotopic (exact) mass is 245 g/mol. The van der Waals surface area contributed by atoms with Crippen LogP contribution in [0.2, 0.25) is 0 Å². The molecule has 1 aromatic rings. The summed E-state index contributed by atoms with van der Waals surface area (Å²) >= 11 is 0. The average molecular weight is 245 g/mol. The van der Waals surface area contributed by atoms with Gasteiger partial charge in [-0.15, -0.1) is 0 Å². The molecule has 0 fully saturated rings. The summed E-state index contributed by atoms with van der Waals surface area (Å²) in [5.41, 5.74) is 0.187. The minimum Gasteiger partial charge on any atom is -0.313 e. The Bertz CT molecular complexity index is 377. The van der Waals surface area contributed by atoms with Crippen molar-refractivity contribution < 1.29 is 13.2 Å². The van der Waals surface area contributed by atoms with E-state index in [1.807, 2.05) is 0 Å². The Morgan fingerprint density at radius 3 is 2.12 bits per heavy atom. The topological polar surface area (TPSA) is 12.0 Å². The van der Waals surface area contributed by atoms with Crippen LogP contribution in [0.1, 0.15) is 38.3 Å². The van der Waals surface area contributed by atoms with E-state index in [9.17, 15) is 13.2 Å². The largest absolute Gasteiger partial charge is 0.313 e. The van der Waals surface area contributed by atoms with Gasteiger partial charge in [0.1, 0.15) is 5.82 Å². The van der Waals surface area contributed by atoms with Crippen molar-refractivity contribution >= 4 is 0 Å². The van der Waals surface area contributed by atoms with Crippen LogP contribution in [-0.4, -0.2) is 7.05 Å². The van der Waals surface area contributed by atoms with Crippen molar-refractivity contribution in [2.24, 2.45) is 5.92 Å². The summed E-state index contributed by atoms with van der Waals surface area (Å²) in [6, 6.07) is 1.25. The molecule has 4 heteroatoms. The van der Waals surface area contributed by atoms with Gasteiger partial charge in [-0.2, -0.15) is 0 Å². The van der Waals surface area contributed by atoms with E-state index in [4.69, 9.17) is 0 Å². The lowest BCUT2D eigenvalue weighted by Gasteiger charge is -2.18. The SMILES string of the molecule is CNC(CCC(C)C)c1cc(F)c(F)cc1F. The van der Waals surface area contributed by atoms with E-state index >= 15 is 0 Å². The summed E-state index contributed by atoms with van der Waals surface area (Å²) in [6.45, 7) is 4.13. The molecule has 1 nitrogen and oxygen atoms in total. The molecule has 17 heavy (non-hydrogen) atoms. The van der Waals surface area contributed by atoms with Gasteiger partial charge in [-0.3, -0.25) is 0 Å². The molecule has 0 radical (unpaired) electrons. The second-order valence-corrected chi connectivity index (χ2v) is 4.60. The number of hydrogen-bond acceptors (Lipinski definition) is 1. The molecule has 0 aromatic heterocycles. The molecule has 0 saturated heterocycles. The molecule has 1 unspecified atom stereocenters. The van der Waals surface area contributed by atoms with Crippen LogP contribution in [0.3, 0.4) is 0 Å². The Morgan fingerprint density at radius 1 is 1.00 bits per heavy atom.